The molecule has 1 aliphatic heterocycles. The minimum absolute atomic E-state index is 0.179. The average molecular weight is 290 g/mol. The molecule has 1 amide bonds. The van der Waals surface area contributed by atoms with Crippen LogP contribution in [0, 0.1) is 0 Å². The third-order valence-corrected chi connectivity index (χ3v) is 3.76. The zero-order valence-corrected chi connectivity index (χ0v) is 12.1. The first-order chi connectivity index (χ1) is 10.1. The molecule has 3 rings (SSSR count). The minimum Gasteiger partial charge on any atom is -0.380 e. The molecule has 0 bridgehead atoms. The van der Waals surface area contributed by atoms with Crippen LogP contribution >= 0.6 is 0 Å². The Morgan fingerprint density at radius 3 is 2.86 bits per heavy atom. The van der Waals surface area contributed by atoms with E-state index in [1.165, 1.54) is 29.7 Å². The van der Waals surface area contributed by atoms with Gasteiger partial charge in [0.2, 0.25) is 11.2 Å². The molecule has 0 radical (unpaired) electrons. The van der Waals surface area contributed by atoms with E-state index >= 15 is 0 Å². The summed E-state index contributed by atoms with van der Waals surface area (Å²) in [6, 6.07) is 0.289. The zero-order chi connectivity index (χ0) is 14.8. The van der Waals surface area contributed by atoms with Gasteiger partial charge in [-0.3, -0.25) is 9.78 Å². The molecule has 1 fully saturated rings. The van der Waals surface area contributed by atoms with Crippen molar-refractivity contribution in [2.45, 2.75) is 45.2 Å². The van der Waals surface area contributed by atoms with Crippen molar-refractivity contribution < 1.29 is 14.1 Å². The maximum absolute atomic E-state index is 11.8. The Hall–Kier alpha value is -2.38. The number of hydrogen-bond acceptors (Lipinski definition) is 5. The van der Waals surface area contributed by atoms with Gasteiger partial charge in [0.15, 0.2) is 6.03 Å². The predicted octanol–water partition coefficient (Wildman–Crippen LogP) is 1.73. The van der Waals surface area contributed by atoms with Crippen molar-refractivity contribution in [3.05, 3.63) is 30.2 Å². The smallest absolute Gasteiger partial charge is 0.276 e. The fourth-order valence-electron chi connectivity index (χ4n) is 2.72. The van der Waals surface area contributed by atoms with Gasteiger partial charge in [0.05, 0.1) is 16.9 Å². The lowest BCUT2D eigenvalue weighted by Gasteiger charge is -2.31. The highest BCUT2D eigenvalue weighted by atomic mass is 16.5. The number of piperidine rings is 1. The summed E-state index contributed by atoms with van der Waals surface area (Å²) in [7, 11) is 0. The van der Waals surface area contributed by atoms with Crippen molar-refractivity contribution in [3.63, 3.8) is 0 Å². The van der Waals surface area contributed by atoms with Gasteiger partial charge >= 0.3 is 0 Å². The average Bonchev–Trinajstić information content (AvgIpc) is 3.10. The third-order valence-electron chi connectivity index (χ3n) is 3.76. The second kappa shape index (κ2) is 5.55. The van der Waals surface area contributed by atoms with Gasteiger partial charge in [-0.05, 0) is 33.1 Å². The molecule has 1 saturated heterocycles. The Kier molecular flexibility index (Phi) is 3.59. The molecule has 21 heavy (non-hydrogen) atoms. The van der Waals surface area contributed by atoms with Crippen molar-refractivity contribution in [2.75, 3.05) is 5.01 Å². The summed E-state index contributed by atoms with van der Waals surface area (Å²) in [6.45, 7) is 4.32. The fraction of sp³-hybridized carbons (Fsp3) is 0.538. The van der Waals surface area contributed by atoms with Crippen molar-refractivity contribution in [1.82, 2.24) is 14.8 Å². The van der Waals surface area contributed by atoms with Crippen LogP contribution in [0.2, 0.25) is 0 Å². The summed E-state index contributed by atoms with van der Waals surface area (Å²) in [6.07, 6.45) is 9.52. The number of carbonyl (C=O) groups is 1. The van der Waals surface area contributed by atoms with E-state index in [0.29, 0.717) is 12.1 Å². The van der Waals surface area contributed by atoms with Gasteiger partial charge in [-0.2, -0.15) is 0 Å². The summed E-state index contributed by atoms with van der Waals surface area (Å²) < 4.78 is 6.41. The molecule has 112 valence electrons. The van der Waals surface area contributed by atoms with Crippen molar-refractivity contribution in [1.29, 1.82) is 0 Å². The molecule has 8 heteroatoms. The van der Waals surface area contributed by atoms with Gasteiger partial charge in [-0.1, -0.05) is 6.20 Å². The van der Waals surface area contributed by atoms with Crippen LogP contribution in [0.3, 0.4) is 0 Å². The Labute approximate surface area is 122 Å². The fourth-order valence-corrected chi connectivity index (χ4v) is 2.72. The van der Waals surface area contributed by atoms with E-state index in [4.69, 9.17) is 4.52 Å². The lowest BCUT2D eigenvalue weighted by molar-refractivity contribution is -0.765. The summed E-state index contributed by atoms with van der Waals surface area (Å²) in [5.74, 6) is 0.179. The lowest BCUT2D eigenvalue weighted by Crippen LogP contribution is -2.67. The molecule has 1 aliphatic rings. The molecule has 2 unspecified atom stereocenters. The lowest BCUT2D eigenvalue weighted by atomic mass is 10.00. The largest absolute Gasteiger partial charge is 0.380 e. The molecule has 0 N–H and O–H groups in total. The molecule has 8 nitrogen and oxygen atoms in total. The Morgan fingerprint density at radius 2 is 2.19 bits per heavy atom. The van der Waals surface area contributed by atoms with Crippen molar-refractivity contribution in [2.24, 2.45) is 0 Å². The number of hydrogen-bond donors (Lipinski definition) is 0. The number of aromatic nitrogens is 4. The van der Waals surface area contributed by atoms with Crippen LogP contribution in [0.15, 0.2) is 29.4 Å². The van der Waals surface area contributed by atoms with E-state index in [-0.39, 0.29) is 5.88 Å². The number of rotatable bonds is 2. The molecular formula is C13H18N6O2. The van der Waals surface area contributed by atoms with Crippen LogP contribution < -0.4 is 9.80 Å². The van der Waals surface area contributed by atoms with E-state index in [1.54, 1.807) is 11.0 Å². The van der Waals surface area contributed by atoms with Gasteiger partial charge < -0.3 is 14.4 Å². The highest BCUT2D eigenvalue weighted by Crippen LogP contribution is 2.20. The first-order valence-electron chi connectivity index (χ1n) is 7.06. The van der Waals surface area contributed by atoms with Crippen LogP contribution in [-0.4, -0.2) is 32.9 Å². The Morgan fingerprint density at radius 1 is 1.43 bits per heavy atom. The Bertz CT molecular complexity index is 598. The summed E-state index contributed by atoms with van der Waals surface area (Å²) in [5, 5.41) is 9.99. The second-order valence-corrected chi connectivity index (χ2v) is 5.33. The summed E-state index contributed by atoms with van der Waals surface area (Å²) in [4.78, 5) is 17.3. The predicted molar refractivity (Wildman–Crippen MR) is 73.7 cm³/mol. The topological polar surface area (TPSA) is 82.1 Å². The number of carbonyl (C=O) groups excluding carboxylic acids is 1. The minimum atomic E-state index is -0.462. The molecule has 3 heterocycles. The molecule has 0 spiro atoms. The second-order valence-electron chi connectivity index (χ2n) is 5.33. The van der Waals surface area contributed by atoms with Crippen molar-refractivity contribution in [3.8, 4) is 0 Å². The maximum atomic E-state index is 11.8. The Balaban J connectivity index is 1.72. The summed E-state index contributed by atoms with van der Waals surface area (Å²) in [5.41, 5.74) is 0. The molecule has 0 saturated carbocycles. The van der Waals surface area contributed by atoms with E-state index in [2.05, 4.69) is 34.4 Å². The standard InChI is InChI=1S/C13H18N6O2/c1-10-4-3-5-11(2)19(10)18-8-12(21-16-18)15-13(20)17-7-6-14-9-17/h6-11H,3-5H2,1-2H3. The highest BCUT2D eigenvalue weighted by molar-refractivity contribution is 5.94. The SMILES string of the molecule is CC1CCCC(C)N1[n+]1cc([N-]C(=O)n2ccnc2)on1. The van der Waals surface area contributed by atoms with Gasteiger partial charge in [0, 0.05) is 12.5 Å². The highest BCUT2D eigenvalue weighted by Gasteiger charge is 2.33. The number of imidazole rings is 1. The van der Waals surface area contributed by atoms with Gasteiger partial charge in [0.25, 0.3) is 6.20 Å². The zero-order valence-electron chi connectivity index (χ0n) is 12.1. The monoisotopic (exact) mass is 290 g/mol. The van der Waals surface area contributed by atoms with E-state index in [1.807, 2.05) is 0 Å². The normalized spacial score (nSPS) is 22.3. The molecular weight excluding hydrogens is 272 g/mol. The number of amides is 1. The number of nitrogens with zero attached hydrogens (tertiary/aromatic N) is 6. The van der Waals surface area contributed by atoms with E-state index < -0.39 is 6.03 Å². The van der Waals surface area contributed by atoms with Gasteiger partial charge in [-0.25, -0.2) is 0 Å². The van der Waals surface area contributed by atoms with Crippen LogP contribution in [0.4, 0.5) is 10.7 Å². The molecule has 2 aromatic heterocycles. The third kappa shape index (κ3) is 2.74. The summed E-state index contributed by atoms with van der Waals surface area (Å²) >= 11 is 0. The van der Waals surface area contributed by atoms with Crippen LogP contribution in [0.25, 0.3) is 5.32 Å². The quantitative estimate of drug-likeness (QED) is 0.787. The molecule has 0 aliphatic carbocycles. The van der Waals surface area contributed by atoms with Gasteiger partial charge in [0.1, 0.15) is 0 Å². The molecule has 2 atom stereocenters. The first kappa shape index (κ1) is 13.6. The van der Waals surface area contributed by atoms with Crippen LogP contribution in [0.1, 0.15) is 33.1 Å². The maximum Gasteiger partial charge on any atom is 0.276 e. The molecule has 0 aromatic carbocycles. The van der Waals surface area contributed by atoms with Crippen molar-refractivity contribution >= 4 is 11.9 Å². The van der Waals surface area contributed by atoms with Crippen LogP contribution in [-0.2, 0) is 0 Å². The first-order valence-corrected chi connectivity index (χ1v) is 7.06. The van der Waals surface area contributed by atoms with E-state index in [9.17, 15) is 4.79 Å². The van der Waals surface area contributed by atoms with Crippen LogP contribution in [0.5, 0.6) is 0 Å². The molecule has 2 aromatic rings. The van der Waals surface area contributed by atoms with E-state index in [0.717, 1.165) is 12.8 Å². The van der Waals surface area contributed by atoms with Gasteiger partial charge in [-0.15, -0.1) is 5.01 Å².